The number of halogens is 1. The molecule has 0 bridgehead atoms. The molecule has 0 aliphatic carbocycles. The molecule has 2 amide bonds. The number of amides is 2. The van der Waals surface area contributed by atoms with Crippen LogP contribution in [0.2, 0.25) is 5.02 Å². The summed E-state index contributed by atoms with van der Waals surface area (Å²) in [4.78, 5) is 14.7. The third kappa shape index (κ3) is 3.04. The maximum Gasteiger partial charge on any atom is 0.322 e. The Kier molecular flexibility index (Phi) is 4.33. The Hall–Kier alpha value is -1.50. The van der Waals surface area contributed by atoms with E-state index in [-0.39, 0.29) is 17.7 Å². The van der Waals surface area contributed by atoms with Gasteiger partial charge >= 0.3 is 6.03 Å². The van der Waals surface area contributed by atoms with Crippen molar-refractivity contribution in [3.05, 3.63) is 22.7 Å². The predicted molar refractivity (Wildman–Crippen MR) is 99.2 cm³/mol. The van der Waals surface area contributed by atoms with Crippen LogP contribution in [-0.2, 0) is 15.9 Å². The van der Waals surface area contributed by atoms with E-state index in [4.69, 9.17) is 25.8 Å². The number of ether oxygens (including phenoxy) is 3. The minimum Gasteiger partial charge on any atom is -0.485 e. The summed E-state index contributed by atoms with van der Waals surface area (Å²) in [6, 6.07) is 3.59. The molecule has 7 heteroatoms. The molecule has 3 aliphatic rings. The Labute approximate surface area is 158 Å². The summed E-state index contributed by atoms with van der Waals surface area (Å²) in [5.74, 6) is 0.677. The fourth-order valence-electron chi connectivity index (χ4n) is 4.07. The van der Waals surface area contributed by atoms with Gasteiger partial charge in [0, 0.05) is 31.6 Å². The Bertz CT molecular complexity index is 738. The van der Waals surface area contributed by atoms with Crippen molar-refractivity contribution in [1.29, 1.82) is 0 Å². The summed E-state index contributed by atoms with van der Waals surface area (Å²) in [6.07, 6.45) is 1.57. The topological polar surface area (TPSA) is 60.0 Å². The molecule has 3 aliphatic heterocycles. The van der Waals surface area contributed by atoms with Gasteiger partial charge in [-0.1, -0.05) is 17.7 Å². The van der Waals surface area contributed by atoms with Gasteiger partial charge in [0.15, 0.2) is 0 Å². The molecule has 6 nitrogen and oxygen atoms in total. The van der Waals surface area contributed by atoms with E-state index in [1.807, 2.05) is 32.9 Å². The van der Waals surface area contributed by atoms with Crippen LogP contribution in [-0.4, -0.2) is 54.5 Å². The summed E-state index contributed by atoms with van der Waals surface area (Å²) < 4.78 is 17.7. The minimum atomic E-state index is -0.406. The molecule has 0 radical (unpaired) electrons. The first-order valence-corrected chi connectivity index (χ1v) is 9.49. The summed E-state index contributed by atoms with van der Waals surface area (Å²) in [6.45, 7) is 8.28. The van der Waals surface area contributed by atoms with Crippen LogP contribution in [0.25, 0.3) is 0 Å². The average Bonchev–Trinajstić information content (AvgIpc) is 3.09. The zero-order valence-corrected chi connectivity index (χ0v) is 16.2. The van der Waals surface area contributed by atoms with E-state index in [0.29, 0.717) is 42.8 Å². The highest BCUT2D eigenvalue weighted by atomic mass is 35.5. The lowest BCUT2D eigenvalue weighted by Crippen LogP contribution is -2.57. The largest absolute Gasteiger partial charge is 0.485 e. The van der Waals surface area contributed by atoms with Gasteiger partial charge in [-0.3, -0.25) is 0 Å². The Morgan fingerprint density at radius 3 is 2.88 bits per heavy atom. The monoisotopic (exact) mass is 380 g/mol. The number of carbonyl (C=O) groups excluding carboxylic acids is 1. The molecule has 1 N–H and O–H groups in total. The molecule has 2 fully saturated rings. The van der Waals surface area contributed by atoms with Crippen LogP contribution in [0.4, 0.5) is 10.5 Å². The lowest BCUT2D eigenvalue weighted by atomic mass is 9.94. The maximum absolute atomic E-state index is 12.9. The quantitative estimate of drug-likeness (QED) is 0.810. The molecule has 142 valence electrons. The van der Waals surface area contributed by atoms with Crippen LogP contribution in [0.3, 0.4) is 0 Å². The summed E-state index contributed by atoms with van der Waals surface area (Å²) in [5.41, 5.74) is 0.907. The summed E-state index contributed by atoms with van der Waals surface area (Å²) in [5, 5.41) is 3.45. The van der Waals surface area contributed by atoms with E-state index in [2.05, 4.69) is 5.32 Å². The number of benzene rings is 1. The highest BCUT2D eigenvalue weighted by Gasteiger charge is 2.47. The SMILES string of the molecule is CC1OCCC12CN(C(=O)Nc1c(Cl)ccc3c1OC(C)(C)C3)CCO2. The second kappa shape index (κ2) is 6.29. The number of rotatable bonds is 1. The van der Waals surface area contributed by atoms with Crippen molar-refractivity contribution < 1.29 is 19.0 Å². The van der Waals surface area contributed by atoms with Crippen LogP contribution < -0.4 is 10.1 Å². The molecule has 0 aromatic heterocycles. The highest BCUT2D eigenvalue weighted by molar-refractivity contribution is 6.34. The van der Waals surface area contributed by atoms with E-state index in [9.17, 15) is 4.79 Å². The Morgan fingerprint density at radius 1 is 1.35 bits per heavy atom. The second-order valence-corrected chi connectivity index (χ2v) is 8.38. The first-order valence-electron chi connectivity index (χ1n) is 9.12. The van der Waals surface area contributed by atoms with Crippen LogP contribution in [0, 0.1) is 0 Å². The summed E-state index contributed by atoms with van der Waals surface area (Å²) >= 11 is 6.37. The molecule has 1 aromatic rings. The number of urea groups is 1. The van der Waals surface area contributed by atoms with Crippen molar-refractivity contribution in [3.63, 3.8) is 0 Å². The van der Waals surface area contributed by atoms with Crippen LogP contribution in [0.1, 0.15) is 32.8 Å². The highest BCUT2D eigenvalue weighted by Crippen LogP contribution is 2.44. The standard InChI is InChI=1S/C19H25ClN2O4/c1-12-19(6-8-24-12)11-22(7-9-25-19)17(23)21-15-14(20)5-4-13-10-18(2,3)26-16(13)15/h4-5,12H,6-11H2,1-3H3,(H,21,23). The molecule has 2 atom stereocenters. The van der Waals surface area contributed by atoms with Gasteiger partial charge in [-0.05, 0) is 26.8 Å². The molecule has 0 saturated carbocycles. The number of anilines is 1. The van der Waals surface area contributed by atoms with Crippen molar-refractivity contribution in [2.24, 2.45) is 0 Å². The fourth-order valence-corrected chi connectivity index (χ4v) is 4.27. The Balaban J connectivity index is 1.54. The van der Waals surface area contributed by atoms with Crippen molar-refractivity contribution >= 4 is 23.3 Å². The summed E-state index contributed by atoms with van der Waals surface area (Å²) in [7, 11) is 0. The second-order valence-electron chi connectivity index (χ2n) is 7.98. The molecule has 2 saturated heterocycles. The van der Waals surface area contributed by atoms with Gasteiger partial charge in [0.2, 0.25) is 0 Å². The van der Waals surface area contributed by atoms with Gasteiger partial charge in [-0.25, -0.2) is 4.79 Å². The number of hydrogen-bond acceptors (Lipinski definition) is 4. The first-order chi connectivity index (χ1) is 12.3. The van der Waals surface area contributed by atoms with Gasteiger partial charge in [0.1, 0.15) is 22.6 Å². The average molecular weight is 381 g/mol. The predicted octanol–water partition coefficient (Wildman–Crippen LogP) is 3.47. The smallest absolute Gasteiger partial charge is 0.322 e. The van der Waals surface area contributed by atoms with Crippen LogP contribution in [0.5, 0.6) is 5.75 Å². The van der Waals surface area contributed by atoms with E-state index < -0.39 is 5.60 Å². The normalized spacial score (nSPS) is 29.5. The number of nitrogens with zero attached hydrogens (tertiary/aromatic N) is 1. The van der Waals surface area contributed by atoms with Gasteiger partial charge in [0.25, 0.3) is 0 Å². The third-order valence-electron chi connectivity index (χ3n) is 5.55. The van der Waals surface area contributed by atoms with Crippen LogP contribution in [0.15, 0.2) is 12.1 Å². The minimum absolute atomic E-state index is 0.0215. The van der Waals surface area contributed by atoms with Crippen molar-refractivity contribution in [2.75, 3.05) is 31.6 Å². The molecular weight excluding hydrogens is 356 g/mol. The Morgan fingerprint density at radius 2 is 2.15 bits per heavy atom. The van der Waals surface area contributed by atoms with Crippen molar-refractivity contribution in [1.82, 2.24) is 4.90 Å². The van der Waals surface area contributed by atoms with E-state index >= 15 is 0 Å². The molecule has 1 spiro atoms. The number of fused-ring (bicyclic) bond motifs is 1. The van der Waals surface area contributed by atoms with Crippen molar-refractivity contribution in [3.8, 4) is 5.75 Å². The molecule has 3 heterocycles. The van der Waals surface area contributed by atoms with E-state index in [0.717, 1.165) is 18.4 Å². The van der Waals surface area contributed by atoms with Gasteiger partial charge in [0.05, 0.1) is 24.3 Å². The van der Waals surface area contributed by atoms with E-state index in [1.165, 1.54) is 0 Å². The van der Waals surface area contributed by atoms with Crippen LogP contribution >= 0.6 is 11.6 Å². The molecule has 26 heavy (non-hydrogen) atoms. The molecular formula is C19H25ClN2O4. The maximum atomic E-state index is 12.9. The number of carbonyl (C=O) groups is 1. The third-order valence-corrected chi connectivity index (χ3v) is 5.86. The number of morpholine rings is 1. The lowest BCUT2D eigenvalue weighted by molar-refractivity contribution is -0.124. The zero-order chi connectivity index (χ0) is 18.5. The lowest BCUT2D eigenvalue weighted by Gasteiger charge is -2.42. The van der Waals surface area contributed by atoms with Gasteiger partial charge in [-0.2, -0.15) is 0 Å². The molecule has 2 unspecified atom stereocenters. The first kappa shape index (κ1) is 17.9. The van der Waals surface area contributed by atoms with Gasteiger partial charge in [-0.15, -0.1) is 0 Å². The number of nitrogens with one attached hydrogen (secondary N) is 1. The van der Waals surface area contributed by atoms with Gasteiger partial charge < -0.3 is 24.4 Å². The molecule has 4 rings (SSSR count). The number of hydrogen-bond donors (Lipinski definition) is 1. The van der Waals surface area contributed by atoms with Crippen molar-refractivity contribution in [2.45, 2.75) is 50.9 Å². The fraction of sp³-hybridized carbons (Fsp3) is 0.632. The molecule has 1 aromatic carbocycles. The van der Waals surface area contributed by atoms with E-state index in [1.54, 1.807) is 4.90 Å². The zero-order valence-electron chi connectivity index (χ0n) is 15.4.